The maximum absolute atomic E-state index is 12.1. The Hall–Kier alpha value is -2.29. The molecule has 1 N–H and O–H groups in total. The molecule has 0 radical (unpaired) electrons. The average molecular weight is 284 g/mol. The van der Waals surface area contributed by atoms with Crippen LogP contribution in [0.1, 0.15) is 42.1 Å². The van der Waals surface area contributed by atoms with Crippen molar-refractivity contribution in [3.63, 3.8) is 0 Å². The molecule has 0 heterocycles. The van der Waals surface area contributed by atoms with Gasteiger partial charge in [0.15, 0.2) is 0 Å². The average Bonchev–Trinajstić information content (AvgIpc) is 2.50. The number of ether oxygens (including phenoxy) is 1. The first-order valence-corrected chi connectivity index (χ1v) is 7.30. The quantitative estimate of drug-likeness (QED) is 0.487. The molecule has 2 aromatic carbocycles. The van der Waals surface area contributed by atoms with Gasteiger partial charge in [0.1, 0.15) is 17.1 Å². The number of aryl methyl sites for hydroxylation is 1. The maximum Gasteiger partial charge on any atom is 0.347 e. The number of para-hydroxylation sites is 1. The van der Waals surface area contributed by atoms with Crippen molar-refractivity contribution in [2.75, 3.05) is 0 Å². The minimum atomic E-state index is -0.531. The summed E-state index contributed by atoms with van der Waals surface area (Å²) in [5.41, 5.74) is 1.26. The highest BCUT2D eigenvalue weighted by atomic mass is 16.5. The van der Waals surface area contributed by atoms with Crippen LogP contribution < -0.4 is 4.74 Å². The molecule has 0 bridgehead atoms. The number of rotatable bonds is 6. The first-order valence-electron chi connectivity index (χ1n) is 7.30. The Labute approximate surface area is 125 Å². The van der Waals surface area contributed by atoms with Gasteiger partial charge in [0.2, 0.25) is 0 Å². The van der Waals surface area contributed by atoms with E-state index in [0.29, 0.717) is 5.75 Å². The molecule has 2 rings (SSSR count). The monoisotopic (exact) mass is 284 g/mol. The van der Waals surface area contributed by atoms with E-state index in [9.17, 15) is 9.90 Å². The molecule has 2 aromatic rings. The number of carbonyl (C=O) groups is 1. The lowest BCUT2D eigenvalue weighted by atomic mass is 10.0. The van der Waals surface area contributed by atoms with Crippen LogP contribution in [0.4, 0.5) is 0 Å². The van der Waals surface area contributed by atoms with Gasteiger partial charge in [-0.25, -0.2) is 4.79 Å². The molecule has 0 aliphatic heterocycles. The summed E-state index contributed by atoms with van der Waals surface area (Å²) < 4.78 is 5.26. The van der Waals surface area contributed by atoms with Gasteiger partial charge in [-0.15, -0.1) is 0 Å². The lowest BCUT2D eigenvalue weighted by Gasteiger charge is -2.08. The number of hydrogen-bond acceptors (Lipinski definition) is 3. The molecular weight excluding hydrogens is 264 g/mol. The van der Waals surface area contributed by atoms with Crippen LogP contribution in [0.25, 0.3) is 0 Å². The summed E-state index contributed by atoms with van der Waals surface area (Å²) in [5.74, 6) is -0.107. The largest absolute Gasteiger partial charge is 0.507 e. The van der Waals surface area contributed by atoms with Gasteiger partial charge in [0.05, 0.1) is 0 Å². The SMILES string of the molecule is CCCCCc1ccc(O)c(C(=O)Oc2ccccc2)c1. The molecule has 0 saturated heterocycles. The molecule has 0 aromatic heterocycles. The lowest BCUT2D eigenvalue weighted by molar-refractivity contribution is 0.0731. The number of benzene rings is 2. The predicted molar refractivity (Wildman–Crippen MR) is 82.7 cm³/mol. The molecule has 110 valence electrons. The second kappa shape index (κ2) is 7.48. The Morgan fingerprint density at radius 1 is 1.10 bits per heavy atom. The second-order valence-corrected chi connectivity index (χ2v) is 5.01. The van der Waals surface area contributed by atoms with Gasteiger partial charge in [0.25, 0.3) is 0 Å². The fraction of sp³-hybridized carbons (Fsp3) is 0.278. The third-order valence-corrected chi connectivity index (χ3v) is 3.30. The zero-order valence-corrected chi connectivity index (χ0v) is 12.2. The van der Waals surface area contributed by atoms with Crippen molar-refractivity contribution in [2.45, 2.75) is 32.6 Å². The third kappa shape index (κ3) is 4.35. The number of hydrogen-bond donors (Lipinski definition) is 1. The molecule has 0 spiro atoms. The van der Waals surface area contributed by atoms with Crippen molar-refractivity contribution < 1.29 is 14.6 Å². The summed E-state index contributed by atoms with van der Waals surface area (Å²) in [4.78, 5) is 12.1. The van der Waals surface area contributed by atoms with E-state index in [-0.39, 0.29) is 11.3 Å². The highest BCUT2D eigenvalue weighted by molar-refractivity contribution is 5.94. The standard InChI is InChI=1S/C18H20O3/c1-2-3-5-8-14-11-12-17(19)16(13-14)18(20)21-15-9-6-4-7-10-15/h4,6-7,9-13,19H,2-3,5,8H2,1H3. The minimum Gasteiger partial charge on any atom is -0.507 e. The summed E-state index contributed by atoms with van der Waals surface area (Å²) in [6, 6.07) is 14.0. The Balaban J connectivity index is 2.10. The maximum atomic E-state index is 12.1. The molecule has 21 heavy (non-hydrogen) atoms. The van der Waals surface area contributed by atoms with E-state index in [2.05, 4.69) is 6.92 Å². The van der Waals surface area contributed by atoms with E-state index in [4.69, 9.17) is 4.74 Å². The Morgan fingerprint density at radius 2 is 1.86 bits per heavy atom. The fourth-order valence-corrected chi connectivity index (χ4v) is 2.13. The van der Waals surface area contributed by atoms with Crippen molar-refractivity contribution in [2.24, 2.45) is 0 Å². The molecule has 0 atom stereocenters. The van der Waals surface area contributed by atoms with E-state index < -0.39 is 5.97 Å². The van der Waals surface area contributed by atoms with Crippen LogP contribution in [-0.4, -0.2) is 11.1 Å². The number of phenolic OH excluding ortho intramolecular Hbond substituents is 1. The molecule has 0 amide bonds. The van der Waals surface area contributed by atoms with Crippen molar-refractivity contribution in [1.29, 1.82) is 0 Å². The zero-order chi connectivity index (χ0) is 15.1. The summed E-state index contributed by atoms with van der Waals surface area (Å²) in [5, 5.41) is 9.85. The molecule has 0 saturated carbocycles. The van der Waals surface area contributed by atoms with Crippen molar-refractivity contribution in [1.82, 2.24) is 0 Å². The zero-order valence-electron chi connectivity index (χ0n) is 12.2. The van der Waals surface area contributed by atoms with Crippen molar-refractivity contribution >= 4 is 5.97 Å². The van der Waals surface area contributed by atoms with Crippen LogP contribution in [0.15, 0.2) is 48.5 Å². The minimum absolute atomic E-state index is 0.0461. The number of phenols is 1. The highest BCUT2D eigenvalue weighted by Crippen LogP contribution is 2.22. The summed E-state index contributed by atoms with van der Waals surface area (Å²) in [6.45, 7) is 2.15. The molecule has 0 aliphatic carbocycles. The van der Waals surface area contributed by atoms with E-state index in [1.54, 1.807) is 36.4 Å². The Bertz CT molecular complexity index is 591. The molecule has 0 aliphatic rings. The van der Waals surface area contributed by atoms with Crippen LogP contribution in [0.3, 0.4) is 0 Å². The van der Waals surface area contributed by atoms with Gasteiger partial charge in [-0.1, -0.05) is 44.0 Å². The van der Waals surface area contributed by atoms with Crippen LogP contribution in [-0.2, 0) is 6.42 Å². The van der Waals surface area contributed by atoms with Crippen molar-refractivity contribution in [3.05, 3.63) is 59.7 Å². The first-order chi connectivity index (χ1) is 10.2. The topological polar surface area (TPSA) is 46.5 Å². The van der Waals surface area contributed by atoms with Gasteiger partial charge in [-0.05, 0) is 42.7 Å². The van der Waals surface area contributed by atoms with Crippen LogP contribution >= 0.6 is 0 Å². The number of aromatic hydroxyl groups is 1. The number of esters is 1. The first kappa shape index (κ1) is 15.1. The van der Waals surface area contributed by atoms with Crippen LogP contribution in [0, 0.1) is 0 Å². The summed E-state index contributed by atoms with van der Waals surface area (Å²) in [6.07, 6.45) is 4.29. The molecule has 0 fully saturated rings. The normalized spacial score (nSPS) is 10.3. The Morgan fingerprint density at radius 3 is 2.57 bits per heavy atom. The van der Waals surface area contributed by atoms with Gasteiger partial charge in [-0.3, -0.25) is 0 Å². The second-order valence-electron chi connectivity index (χ2n) is 5.01. The summed E-state index contributed by atoms with van der Waals surface area (Å²) in [7, 11) is 0. The van der Waals surface area contributed by atoms with Crippen molar-refractivity contribution in [3.8, 4) is 11.5 Å². The van der Waals surface area contributed by atoms with E-state index in [0.717, 1.165) is 31.2 Å². The smallest absolute Gasteiger partial charge is 0.347 e. The lowest BCUT2D eigenvalue weighted by Crippen LogP contribution is -2.09. The molecule has 3 heteroatoms. The molecule has 3 nitrogen and oxygen atoms in total. The van der Waals surface area contributed by atoms with Crippen LogP contribution in [0.5, 0.6) is 11.5 Å². The molecular formula is C18H20O3. The predicted octanol–water partition coefficient (Wildman–Crippen LogP) is 4.34. The third-order valence-electron chi connectivity index (χ3n) is 3.30. The Kier molecular flexibility index (Phi) is 5.38. The number of unbranched alkanes of at least 4 members (excludes halogenated alkanes) is 2. The molecule has 0 unspecified atom stereocenters. The van der Waals surface area contributed by atoms with E-state index >= 15 is 0 Å². The number of carbonyl (C=O) groups excluding carboxylic acids is 1. The fourth-order valence-electron chi connectivity index (χ4n) is 2.13. The highest BCUT2D eigenvalue weighted by Gasteiger charge is 2.14. The van der Waals surface area contributed by atoms with Gasteiger partial charge in [-0.2, -0.15) is 0 Å². The van der Waals surface area contributed by atoms with Gasteiger partial charge in [0, 0.05) is 0 Å². The van der Waals surface area contributed by atoms with E-state index in [1.807, 2.05) is 12.1 Å². The summed E-state index contributed by atoms with van der Waals surface area (Å²) >= 11 is 0. The van der Waals surface area contributed by atoms with Gasteiger partial charge >= 0.3 is 5.97 Å². The van der Waals surface area contributed by atoms with E-state index in [1.165, 1.54) is 0 Å². The van der Waals surface area contributed by atoms with Crippen LogP contribution in [0.2, 0.25) is 0 Å². The van der Waals surface area contributed by atoms with Gasteiger partial charge < -0.3 is 9.84 Å².